The topological polar surface area (TPSA) is 35.5 Å². The summed E-state index contributed by atoms with van der Waals surface area (Å²) in [5.74, 6) is 0. The second kappa shape index (κ2) is 3.57. The highest BCUT2D eigenvalue weighted by atomic mass is 32.2. The van der Waals surface area contributed by atoms with Crippen LogP contribution in [0.4, 0.5) is 0 Å². The Morgan fingerprint density at radius 2 is 1.92 bits per heavy atom. The van der Waals surface area contributed by atoms with E-state index in [2.05, 4.69) is 0 Å². The van der Waals surface area contributed by atoms with Crippen LogP contribution < -0.4 is 0 Å². The molecule has 0 N–H and O–H groups in total. The molecule has 0 spiro atoms. The largest absolute Gasteiger partial charge is 0.305 e. The Bertz CT molecular complexity index is 312. The number of hydrogen-bond donors (Lipinski definition) is 0. The minimum atomic E-state index is -1.58. The van der Waals surface area contributed by atoms with Crippen molar-refractivity contribution in [2.24, 2.45) is 0 Å². The van der Waals surface area contributed by atoms with E-state index < -0.39 is 11.4 Å². The summed E-state index contributed by atoms with van der Waals surface area (Å²) in [6, 6.07) is 9.65. The van der Waals surface area contributed by atoms with E-state index in [4.69, 9.17) is 8.37 Å². The molecular formula is C9H10O3S. The molecule has 1 heterocycles. The van der Waals surface area contributed by atoms with E-state index in [9.17, 15) is 4.21 Å². The van der Waals surface area contributed by atoms with E-state index in [0.717, 1.165) is 5.56 Å². The van der Waals surface area contributed by atoms with Crippen molar-refractivity contribution in [3.63, 3.8) is 0 Å². The molecule has 1 unspecified atom stereocenters. The fourth-order valence-electron chi connectivity index (χ4n) is 1.33. The van der Waals surface area contributed by atoms with Crippen molar-refractivity contribution in [3.05, 3.63) is 35.9 Å². The van der Waals surface area contributed by atoms with Gasteiger partial charge in [-0.15, -0.1) is 0 Å². The summed E-state index contributed by atoms with van der Waals surface area (Å²) in [4.78, 5) is 0. The Morgan fingerprint density at radius 3 is 2.46 bits per heavy atom. The van der Waals surface area contributed by atoms with Crippen molar-refractivity contribution < 1.29 is 12.6 Å². The van der Waals surface area contributed by atoms with Gasteiger partial charge in [-0.05, 0) is 12.5 Å². The van der Waals surface area contributed by atoms with Crippen molar-refractivity contribution in [2.75, 3.05) is 0 Å². The molecule has 1 aliphatic rings. The van der Waals surface area contributed by atoms with Gasteiger partial charge in [0.25, 0.3) is 0 Å². The SMILES string of the molecule is C[C@@H]1OS(=O)O[C@H]1c1ccccc1. The molecule has 70 valence electrons. The van der Waals surface area contributed by atoms with Gasteiger partial charge in [0.05, 0.1) is 0 Å². The van der Waals surface area contributed by atoms with Crippen LogP contribution in [0.3, 0.4) is 0 Å². The molecule has 0 aliphatic carbocycles. The lowest BCUT2D eigenvalue weighted by Crippen LogP contribution is -2.09. The highest BCUT2D eigenvalue weighted by Gasteiger charge is 2.32. The predicted molar refractivity (Wildman–Crippen MR) is 49.0 cm³/mol. The van der Waals surface area contributed by atoms with E-state index in [0.29, 0.717) is 0 Å². The van der Waals surface area contributed by atoms with E-state index in [1.807, 2.05) is 37.3 Å². The van der Waals surface area contributed by atoms with Crippen LogP contribution in [0, 0.1) is 0 Å². The number of rotatable bonds is 1. The molecule has 0 aromatic heterocycles. The van der Waals surface area contributed by atoms with Crippen molar-refractivity contribution in [2.45, 2.75) is 19.1 Å². The molecule has 3 nitrogen and oxygen atoms in total. The van der Waals surface area contributed by atoms with E-state index in [1.54, 1.807) is 0 Å². The smallest absolute Gasteiger partial charge is 0.262 e. The van der Waals surface area contributed by atoms with Crippen LogP contribution >= 0.6 is 0 Å². The zero-order chi connectivity index (χ0) is 9.26. The van der Waals surface area contributed by atoms with Crippen LogP contribution in [0.15, 0.2) is 30.3 Å². The molecule has 1 aromatic carbocycles. The molecule has 13 heavy (non-hydrogen) atoms. The molecule has 4 heteroatoms. The summed E-state index contributed by atoms with van der Waals surface area (Å²) in [6.07, 6.45) is -0.356. The maximum Gasteiger partial charge on any atom is 0.305 e. The summed E-state index contributed by atoms with van der Waals surface area (Å²) < 4.78 is 21.0. The molecule has 0 bridgehead atoms. The van der Waals surface area contributed by atoms with Crippen LogP contribution in [-0.2, 0) is 19.7 Å². The maximum absolute atomic E-state index is 10.9. The summed E-state index contributed by atoms with van der Waals surface area (Å²) in [6.45, 7) is 1.85. The zero-order valence-electron chi connectivity index (χ0n) is 7.17. The molecule has 0 amide bonds. The second-order valence-electron chi connectivity index (χ2n) is 2.93. The third-order valence-corrected chi connectivity index (χ3v) is 2.79. The fourth-order valence-corrected chi connectivity index (χ4v) is 2.16. The predicted octanol–water partition coefficient (Wildman–Crippen LogP) is 1.74. The van der Waals surface area contributed by atoms with Crippen LogP contribution in [0.5, 0.6) is 0 Å². The average molecular weight is 198 g/mol. The van der Waals surface area contributed by atoms with Crippen LogP contribution in [0.1, 0.15) is 18.6 Å². The number of benzene rings is 1. The first-order valence-electron chi connectivity index (χ1n) is 4.08. The van der Waals surface area contributed by atoms with Crippen LogP contribution in [0.2, 0.25) is 0 Å². The summed E-state index contributed by atoms with van der Waals surface area (Å²) in [5, 5.41) is 0. The molecule has 1 saturated heterocycles. The van der Waals surface area contributed by atoms with Crippen LogP contribution in [-0.4, -0.2) is 10.3 Å². The van der Waals surface area contributed by atoms with Gasteiger partial charge in [-0.2, -0.15) is 4.21 Å². The summed E-state index contributed by atoms with van der Waals surface area (Å²) >= 11 is -1.58. The molecule has 1 aliphatic heterocycles. The second-order valence-corrected chi connectivity index (χ2v) is 3.73. The van der Waals surface area contributed by atoms with Crippen molar-refractivity contribution >= 4 is 11.4 Å². The lowest BCUT2D eigenvalue weighted by molar-refractivity contribution is 0.173. The Kier molecular flexibility index (Phi) is 2.44. The van der Waals surface area contributed by atoms with Crippen molar-refractivity contribution in [1.29, 1.82) is 0 Å². The minimum absolute atomic E-state index is 0.150. The molecule has 2 rings (SSSR count). The fraction of sp³-hybridized carbons (Fsp3) is 0.333. The molecule has 1 aromatic rings. The molecular weight excluding hydrogens is 188 g/mol. The third-order valence-electron chi connectivity index (χ3n) is 1.97. The minimum Gasteiger partial charge on any atom is -0.262 e. The first-order valence-corrected chi connectivity index (χ1v) is 5.08. The zero-order valence-corrected chi connectivity index (χ0v) is 7.99. The highest BCUT2D eigenvalue weighted by Crippen LogP contribution is 2.30. The van der Waals surface area contributed by atoms with E-state index >= 15 is 0 Å². The quantitative estimate of drug-likeness (QED) is 0.689. The van der Waals surface area contributed by atoms with Gasteiger partial charge in [-0.1, -0.05) is 30.3 Å². The van der Waals surface area contributed by atoms with Gasteiger partial charge < -0.3 is 0 Å². The van der Waals surface area contributed by atoms with Gasteiger partial charge in [0, 0.05) is 0 Å². The van der Waals surface area contributed by atoms with Crippen molar-refractivity contribution in [3.8, 4) is 0 Å². The molecule has 3 atom stereocenters. The molecule has 0 saturated carbocycles. The average Bonchev–Trinajstić information content (AvgIpc) is 2.47. The Balaban J connectivity index is 2.23. The lowest BCUT2D eigenvalue weighted by Gasteiger charge is -2.09. The normalized spacial score (nSPS) is 33.5. The molecule has 0 radical (unpaired) electrons. The van der Waals surface area contributed by atoms with E-state index in [-0.39, 0.29) is 12.2 Å². The lowest BCUT2D eigenvalue weighted by atomic mass is 10.1. The highest BCUT2D eigenvalue weighted by molar-refractivity contribution is 7.75. The van der Waals surface area contributed by atoms with Gasteiger partial charge in [0.2, 0.25) is 0 Å². The maximum atomic E-state index is 10.9. The van der Waals surface area contributed by atoms with Crippen LogP contribution in [0.25, 0.3) is 0 Å². The van der Waals surface area contributed by atoms with Gasteiger partial charge in [0.15, 0.2) is 0 Å². The Morgan fingerprint density at radius 1 is 1.23 bits per heavy atom. The van der Waals surface area contributed by atoms with Crippen molar-refractivity contribution in [1.82, 2.24) is 0 Å². The van der Waals surface area contributed by atoms with Gasteiger partial charge in [-0.25, -0.2) is 0 Å². The molecule has 1 fully saturated rings. The summed E-state index contributed by atoms with van der Waals surface area (Å²) in [5.41, 5.74) is 1.00. The van der Waals surface area contributed by atoms with Gasteiger partial charge in [-0.3, -0.25) is 8.37 Å². The summed E-state index contributed by atoms with van der Waals surface area (Å²) in [7, 11) is 0. The Hall–Kier alpha value is -0.710. The van der Waals surface area contributed by atoms with Gasteiger partial charge >= 0.3 is 11.4 Å². The first kappa shape index (κ1) is 8.87. The monoisotopic (exact) mass is 198 g/mol. The third kappa shape index (κ3) is 1.80. The first-order chi connectivity index (χ1) is 6.27. The van der Waals surface area contributed by atoms with E-state index in [1.165, 1.54) is 0 Å². The van der Waals surface area contributed by atoms with Gasteiger partial charge in [0.1, 0.15) is 12.2 Å². The number of hydrogen-bond acceptors (Lipinski definition) is 3. The standard InChI is InChI=1S/C9H10O3S/c1-7-9(12-13(10)11-7)8-5-3-2-4-6-8/h2-7,9H,1H3/t7-,9+,13?/m0/s1. The Labute approximate surface area is 79.5 Å².